The minimum atomic E-state index is -0.913. The summed E-state index contributed by atoms with van der Waals surface area (Å²) in [5, 5.41) is 1.68. The van der Waals surface area contributed by atoms with E-state index in [4.69, 9.17) is 4.74 Å². The molecule has 2 aromatic rings. The minimum Gasteiger partial charge on any atom is -0.462 e. The molecular weight excluding hydrogens is 266 g/mol. The van der Waals surface area contributed by atoms with Crippen LogP contribution in [0.25, 0.3) is 10.8 Å². The number of fused-ring (bicyclic) bond motifs is 1. The molecule has 0 amide bonds. The maximum absolute atomic E-state index is 12.4. The molecule has 1 aromatic carbocycles. The third kappa shape index (κ3) is 2.99. The topological polar surface area (TPSA) is 59.2 Å². The van der Waals surface area contributed by atoms with Crippen molar-refractivity contribution in [1.82, 2.24) is 4.98 Å². The number of H-pyrrole nitrogens is 1. The molecule has 1 heterocycles. The molecule has 0 aliphatic heterocycles. The van der Waals surface area contributed by atoms with Crippen LogP contribution in [-0.4, -0.2) is 17.1 Å². The third-order valence-electron chi connectivity index (χ3n) is 3.78. The number of benzene rings is 1. The van der Waals surface area contributed by atoms with Gasteiger partial charge in [-0.1, -0.05) is 31.2 Å². The summed E-state index contributed by atoms with van der Waals surface area (Å²) in [6, 6.07) is 9.06. The summed E-state index contributed by atoms with van der Waals surface area (Å²) in [6.07, 6.45) is 0.618. The Morgan fingerprint density at radius 1 is 1.33 bits per heavy atom. The monoisotopic (exact) mass is 287 g/mol. The van der Waals surface area contributed by atoms with Gasteiger partial charge in [-0.25, -0.2) is 0 Å². The van der Waals surface area contributed by atoms with E-state index in [1.165, 1.54) is 6.07 Å². The van der Waals surface area contributed by atoms with Gasteiger partial charge in [0, 0.05) is 17.1 Å². The number of hydrogen-bond acceptors (Lipinski definition) is 3. The Labute approximate surface area is 124 Å². The SMILES string of the molecule is CCC(C)OC(=O)C(C)(C)c1[nH]c(=O)cc2ccccc12. The average molecular weight is 287 g/mol. The summed E-state index contributed by atoms with van der Waals surface area (Å²) < 4.78 is 5.45. The largest absolute Gasteiger partial charge is 0.462 e. The number of esters is 1. The zero-order chi connectivity index (χ0) is 15.6. The lowest BCUT2D eigenvalue weighted by Gasteiger charge is -2.26. The molecule has 1 unspecified atom stereocenters. The first kappa shape index (κ1) is 15.3. The van der Waals surface area contributed by atoms with Crippen LogP contribution < -0.4 is 5.56 Å². The molecule has 0 saturated heterocycles. The zero-order valence-electron chi connectivity index (χ0n) is 12.9. The quantitative estimate of drug-likeness (QED) is 0.879. The van der Waals surface area contributed by atoms with Crippen LogP contribution >= 0.6 is 0 Å². The van der Waals surface area contributed by atoms with Crippen molar-refractivity contribution in [3.8, 4) is 0 Å². The van der Waals surface area contributed by atoms with E-state index in [-0.39, 0.29) is 17.6 Å². The van der Waals surface area contributed by atoms with E-state index < -0.39 is 5.41 Å². The molecule has 2 rings (SSSR count). The Kier molecular flexibility index (Phi) is 4.16. The lowest BCUT2D eigenvalue weighted by atomic mass is 9.86. The van der Waals surface area contributed by atoms with E-state index in [2.05, 4.69) is 4.98 Å². The highest BCUT2D eigenvalue weighted by atomic mass is 16.5. The van der Waals surface area contributed by atoms with Gasteiger partial charge in [0.15, 0.2) is 0 Å². The van der Waals surface area contributed by atoms with E-state index in [0.29, 0.717) is 5.69 Å². The number of hydrogen-bond donors (Lipinski definition) is 1. The summed E-state index contributed by atoms with van der Waals surface area (Å²) >= 11 is 0. The Balaban J connectivity index is 2.54. The highest BCUT2D eigenvalue weighted by Gasteiger charge is 2.35. The molecule has 4 heteroatoms. The summed E-state index contributed by atoms with van der Waals surface area (Å²) in [4.78, 5) is 27.1. The number of aromatic amines is 1. The molecule has 1 aromatic heterocycles. The van der Waals surface area contributed by atoms with Crippen molar-refractivity contribution < 1.29 is 9.53 Å². The maximum Gasteiger partial charge on any atom is 0.317 e. The molecular formula is C17H21NO3. The predicted octanol–water partition coefficient (Wildman–Crippen LogP) is 3.15. The Morgan fingerprint density at radius 2 is 2.00 bits per heavy atom. The van der Waals surface area contributed by atoms with E-state index in [1.807, 2.05) is 38.1 Å². The van der Waals surface area contributed by atoms with Gasteiger partial charge in [-0.2, -0.15) is 0 Å². The van der Waals surface area contributed by atoms with Crippen LogP contribution in [0.2, 0.25) is 0 Å². The maximum atomic E-state index is 12.4. The second kappa shape index (κ2) is 5.72. The van der Waals surface area contributed by atoms with Crippen molar-refractivity contribution in [3.05, 3.63) is 46.4 Å². The van der Waals surface area contributed by atoms with Crippen LogP contribution in [0, 0.1) is 0 Å². The second-order valence-electron chi connectivity index (χ2n) is 5.85. The molecule has 0 radical (unpaired) electrons. The Hall–Kier alpha value is -2.10. The van der Waals surface area contributed by atoms with Crippen LogP contribution in [0.4, 0.5) is 0 Å². The number of aromatic nitrogens is 1. The average Bonchev–Trinajstić information content (AvgIpc) is 2.45. The van der Waals surface area contributed by atoms with Gasteiger partial charge in [-0.15, -0.1) is 0 Å². The van der Waals surface area contributed by atoms with E-state index in [1.54, 1.807) is 13.8 Å². The van der Waals surface area contributed by atoms with Gasteiger partial charge in [0.25, 0.3) is 0 Å². The zero-order valence-corrected chi connectivity index (χ0v) is 12.9. The molecule has 21 heavy (non-hydrogen) atoms. The molecule has 1 N–H and O–H groups in total. The standard InChI is InChI=1S/C17H21NO3/c1-5-11(2)21-16(20)17(3,4)15-13-9-7-6-8-12(13)10-14(19)18-15/h6-11H,5H2,1-4H3,(H,18,19). The molecule has 0 fully saturated rings. The minimum absolute atomic E-state index is 0.140. The van der Waals surface area contributed by atoms with Crippen molar-refractivity contribution in [2.75, 3.05) is 0 Å². The molecule has 0 spiro atoms. The highest BCUT2D eigenvalue weighted by molar-refractivity contribution is 5.91. The van der Waals surface area contributed by atoms with Gasteiger partial charge in [0.1, 0.15) is 5.41 Å². The second-order valence-corrected chi connectivity index (χ2v) is 5.85. The smallest absolute Gasteiger partial charge is 0.317 e. The molecule has 0 aliphatic carbocycles. The number of rotatable bonds is 4. The molecule has 0 bridgehead atoms. The van der Waals surface area contributed by atoms with Crippen LogP contribution in [0.1, 0.15) is 39.8 Å². The number of ether oxygens (including phenoxy) is 1. The van der Waals surface area contributed by atoms with Crippen LogP contribution in [-0.2, 0) is 14.9 Å². The fourth-order valence-corrected chi connectivity index (χ4v) is 2.23. The molecule has 4 nitrogen and oxygen atoms in total. The van der Waals surface area contributed by atoms with Crippen LogP contribution in [0.3, 0.4) is 0 Å². The number of carbonyl (C=O) groups excluding carboxylic acids is 1. The number of nitrogens with one attached hydrogen (secondary N) is 1. The van der Waals surface area contributed by atoms with Crippen molar-refractivity contribution in [2.45, 2.75) is 45.6 Å². The van der Waals surface area contributed by atoms with E-state index in [0.717, 1.165) is 17.2 Å². The van der Waals surface area contributed by atoms with Crippen LogP contribution in [0.15, 0.2) is 35.1 Å². The van der Waals surface area contributed by atoms with Crippen molar-refractivity contribution in [2.24, 2.45) is 0 Å². The summed E-state index contributed by atoms with van der Waals surface area (Å²) in [6.45, 7) is 7.37. The first-order valence-electron chi connectivity index (χ1n) is 7.20. The van der Waals surface area contributed by atoms with Gasteiger partial charge in [0.2, 0.25) is 5.56 Å². The Morgan fingerprint density at radius 3 is 2.67 bits per heavy atom. The molecule has 0 saturated carbocycles. The van der Waals surface area contributed by atoms with Gasteiger partial charge < -0.3 is 9.72 Å². The van der Waals surface area contributed by atoms with Crippen molar-refractivity contribution in [3.63, 3.8) is 0 Å². The highest BCUT2D eigenvalue weighted by Crippen LogP contribution is 2.29. The lowest BCUT2D eigenvalue weighted by Crippen LogP contribution is -2.35. The number of carbonyl (C=O) groups is 1. The lowest BCUT2D eigenvalue weighted by molar-refractivity contribution is -0.154. The normalized spacial score (nSPS) is 13.1. The summed E-state index contributed by atoms with van der Waals surface area (Å²) in [5.74, 6) is -0.330. The van der Waals surface area contributed by atoms with Crippen LogP contribution in [0.5, 0.6) is 0 Å². The molecule has 0 aliphatic rings. The van der Waals surface area contributed by atoms with Gasteiger partial charge in [0.05, 0.1) is 6.10 Å². The molecule has 112 valence electrons. The molecule has 1 atom stereocenters. The summed E-state index contributed by atoms with van der Waals surface area (Å²) in [5.41, 5.74) is -0.532. The third-order valence-corrected chi connectivity index (χ3v) is 3.78. The van der Waals surface area contributed by atoms with E-state index in [9.17, 15) is 9.59 Å². The van der Waals surface area contributed by atoms with E-state index >= 15 is 0 Å². The Bertz CT molecular complexity index is 715. The van der Waals surface area contributed by atoms with Gasteiger partial charge in [-0.05, 0) is 32.6 Å². The van der Waals surface area contributed by atoms with Crippen molar-refractivity contribution in [1.29, 1.82) is 0 Å². The predicted molar refractivity (Wildman–Crippen MR) is 83.4 cm³/mol. The summed E-state index contributed by atoms with van der Waals surface area (Å²) in [7, 11) is 0. The fourth-order valence-electron chi connectivity index (χ4n) is 2.23. The van der Waals surface area contributed by atoms with Crippen molar-refractivity contribution >= 4 is 16.7 Å². The first-order valence-corrected chi connectivity index (χ1v) is 7.20. The first-order chi connectivity index (χ1) is 9.86. The van der Waals surface area contributed by atoms with Gasteiger partial charge >= 0.3 is 5.97 Å². The fraction of sp³-hybridized carbons (Fsp3) is 0.412. The number of pyridine rings is 1. The van der Waals surface area contributed by atoms with Gasteiger partial charge in [-0.3, -0.25) is 9.59 Å².